The van der Waals surface area contributed by atoms with Crippen molar-refractivity contribution in [2.75, 3.05) is 38.5 Å². The number of thiophene rings is 1. The second-order valence-corrected chi connectivity index (χ2v) is 6.81. The number of amides is 2. The third kappa shape index (κ3) is 3.82. The van der Waals surface area contributed by atoms with Crippen molar-refractivity contribution < 1.29 is 14.0 Å². The predicted octanol–water partition coefficient (Wildman–Crippen LogP) is 2.92. The van der Waals surface area contributed by atoms with Crippen LogP contribution >= 0.6 is 11.3 Å². The van der Waals surface area contributed by atoms with Gasteiger partial charge in [0.25, 0.3) is 11.8 Å². The number of halogens is 1. The summed E-state index contributed by atoms with van der Waals surface area (Å²) in [6.07, 6.45) is 0.708. The Hall–Kier alpha value is -2.41. The van der Waals surface area contributed by atoms with E-state index < -0.39 is 5.82 Å². The lowest BCUT2D eigenvalue weighted by Gasteiger charge is -2.22. The third-order valence-electron chi connectivity index (χ3n) is 4.29. The molecule has 2 heterocycles. The van der Waals surface area contributed by atoms with Crippen LogP contribution in [0.25, 0.3) is 0 Å². The molecular weight excluding hydrogens is 341 g/mol. The zero-order valence-corrected chi connectivity index (χ0v) is 14.8. The molecule has 132 valence electrons. The Labute approximate surface area is 150 Å². The molecule has 1 aromatic carbocycles. The van der Waals surface area contributed by atoms with Gasteiger partial charge >= 0.3 is 0 Å². The first-order chi connectivity index (χ1) is 12.1. The zero-order valence-electron chi connectivity index (χ0n) is 14.0. The Kier molecular flexibility index (Phi) is 5.33. The van der Waals surface area contributed by atoms with Crippen molar-refractivity contribution in [3.8, 4) is 0 Å². The van der Waals surface area contributed by atoms with Crippen LogP contribution in [0.4, 0.5) is 10.1 Å². The summed E-state index contributed by atoms with van der Waals surface area (Å²) in [5.74, 6) is -0.640. The van der Waals surface area contributed by atoms with Crippen LogP contribution in [0, 0.1) is 5.82 Å². The van der Waals surface area contributed by atoms with Gasteiger partial charge in [-0.1, -0.05) is 6.07 Å². The van der Waals surface area contributed by atoms with E-state index in [2.05, 4.69) is 5.32 Å². The molecule has 0 aliphatic carbocycles. The lowest BCUT2D eigenvalue weighted by atomic mass is 10.1. The van der Waals surface area contributed by atoms with Gasteiger partial charge in [0.2, 0.25) is 0 Å². The summed E-state index contributed by atoms with van der Waals surface area (Å²) >= 11 is 1.42. The summed E-state index contributed by atoms with van der Waals surface area (Å²) in [5.41, 5.74) is 0.690. The molecule has 0 atom stereocenters. The average molecular weight is 361 g/mol. The fourth-order valence-corrected chi connectivity index (χ4v) is 3.60. The van der Waals surface area contributed by atoms with Crippen molar-refractivity contribution in [1.29, 1.82) is 0 Å². The number of nitrogens with zero attached hydrogens (tertiary/aromatic N) is 2. The molecular formula is C18H20FN3O2S. The molecule has 25 heavy (non-hydrogen) atoms. The molecule has 0 saturated carbocycles. The quantitative estimate of drug-likeness (QED) is 0.915. The number of hydrogen-bond donors (Lipinski definition) is 1. The van der Waals surface area contributed by atoms with Crippen LogP contribution in [0.3, 0.4) is 0 Å². The Morgan fingerprint density at radius 1 is 1.08 bits per heavy atom. The highest BCUT2D eigenvalue weighted by Crippen LogP contribution is 2.18. The van der Waals surface area contributed by atoms with Crippen LogP contribution in [0.15, 0.2) is 35.7 Å². The molecule has 0 radical (unpaired) electrons. The number of benzene rings is 1. The highest BCUT2D eigenvalue weighted by atomic mass is 32.1. The van der Waals surface area contributed by atoms with E-state index in [9.17, 15) is 14.0 Å². The van der Waals surface area contributed by atoms with E-state index in [4.69, 9.17) is 0 Å². The van der Waals surface area contributed by atoms with Crippen LogP contribution in [0.1, 0.15) is 26.5 Å². The second-order valence-electron chi connectivity index (χ2n) is 5.86. The van der Waals surface area contributed by atoms with Gasteiger partial charge in [0.05, 0.1) is 10.6 Å². The van der Waals surface area contributed by atoms with Crippen molar-refractivity contribution in [3.05, 3.63) is 52.0 Å². The molecule has 0 bridgehead atoms. The normalized spacial score (nSPS) is 15.0. The molecule has 0 spiro atoms. The van der Waals surface area contributed by atoms with Gasteiger partial charge in [0.1, 0.15) is 5.82 Å². The third-order valence-corrected chi connectivity index (χ3v) is 5.15. The summed E-state index contributed by atoms with van der Waals surface area (Å²) < 4.78 is 13.9. The molecule has 1 aliphatic heterocycles. The number of nitrogens with one attached hydrogen (secondary N) is 1. The molecule has 1 aromatic heterocycles. The largest absolute Gasteiger partial charge is 0.386 e. The van der Waals surface area contributed by atoms with E-state index in [0.717, 1.165) is 0 Å². The minimum Gasteiger partial charge on any atom is -0.386 e. The van der Waals surface area contributed by atoms with E-state index in [-0.39, 0.29) is 11.8 Å². The predicted molar refractivity (Wildman–Crippen MR) is 96.7 cm³/mol. The summed E-state index contributed by atoms with van der Waals surface area (Å²) in [5, 5.41) is 4.62. The Morgan fingerprint density at radius 2 is 1.80 bits per heavy atom. The molecule has 0 unspecified atom stereocenters. The summed E-state index contributed by atoms with van der Waals surface area (Å²) in [6, 6.07) is 8.11. The van der Waals surface area contributed by atoms with Gasteiger partial charge in [-0.25, -0.2) is 4.39 Å². The van der Waals surface area contributed by atoms with Crippen LogP contribution in [-0.2, 0) is 0 Å². The molecule has 2 amide bonds. The number of hydrogen-bond acceptors (Lipinski definition) is 4. The van der Waals surface area contributed by atoms with Gasteiger partial charge in [-0.2, -0.15) is 0 Å². The van der Waals surface area contributed by atoms with Crippen molar-refractivity contribution in [2.24, 2.45) is 0 Å². The van der Waals surface area contributed by atoms with Gasteiger partial charge in [0, 0.05) is 38.8 Å². The Bertz CT molecular complexity index is 764. The molecule has 1 N–H and O–H groups in total. The fourth-order valence-electron chi connectivity index (χ4n) is 2.91. The number of anilines is 1. The van der Waals surface area contributed by atoms with E-state index in [1.165, 1.54) is 17.4 Å². The van der Waals surface area contributed by atoms with Gasteiger partial charge in [0.15, 0.2) is 0 Å². The van der Waals surface area contributed by atoms with Crippen molar-refractivity contribution in [1.82, 2.24) is 9.80 Å². The topological polar surface area (TPSA) is 52.7 Å². The van der Waals surface area contributed by atoms with Crippen LogP contribution in [0.5, 0.6) is 0 Å². The average Bonchev–Trinajstić information content (AvgIpc) is 3.05. The van der Waals surface area contributed by atoms with E-state index >= 15 is 0 Å². The molecule has 1 aliphatic rings. The maximum atomic E-state index is 13.9. The van der Waals surface area contributed by atoms with Gasteiger partial charge < -0.3 is 15.1 Å². The van der Waals surface area contributed by atoms with Crippen molar-refractivity contribution in [2.45, 2.75) is 6.42 Å². The summed E-state index contributed by atoms with van der Waals surface area (Å²) in [7, 11) is 1.63. The second kappa shape index (κ2) is 7.65. The molecule has 1 fully saturated rings. The molecule has 1 saturated heterocycles. The van der Waals surface area contributed by atoms with E-state index in [1.54, 1.807) is 29.0 Å². The standard InChI is InChI=1S/C18H20FN3O2S/c1-20-15-6-5-13(12-14(15)19)17(23)21-7-3-8-22(10-9-21)18(24)16-4-2-11-25-16/h2,4-6,11-12,20H,3,7-10H2,1H3. The monoisotopic (exact) mass is 361 g/mol. The minimum absolute atomic E-state index is 0.00807. The number of rotatable bonds is 3. The fraction of sp³-hybridized carbons (Fsp3) is 0.333. The lowest BCUT2D eigenvalue weighted by Crippen LogP contribution is -2.37. The van der Waals surface area contributed by atoms with E-state index in [1.807, 2.05) is 17.5 Å². The maximum absolute atomic E-state index is 13.9. The molecule has 3 rings (SSSR count). The summed E-state index contributed by atoms with van der Waals surface area (Å²) in [6.45, 7) is 2.11. The Balaban J connectivity index is 1.67. The van der Waals surface area contributed by atoms with E-state index in [0.29, 0.717) is 48.7 Å². The molecule has 5 nitrogen and oxygen atoms in total. The number of carbonyl (C=O) groups excluding carboxylic acids is 2. The smallest absolute Gasteiger partial charge is 0.263 e. The van der Waals surface area contributed by atoms with Crippen LogP contribution in [0.2, 0.25) is 0 Å². The highest BCUT2D eigenvalue weighted by molar-refractivity contribution is 7.12. The van der Waals surface area contributed by atoms with Crippen LogP contribution < -0.4 is 5.32 Å². The van der Waals surface area contributed by atoms with Crippen LogP contribution in [-0.4, -0.2) is 54.8 Å². The van der Waals surface area contributed by atoms with Crippen molar-refractivity contribution in [3.63, 3.8) is 0 Å². The summed E-state index contributed by atoms with van der Waals surface area (Å²) in [4.78, 5) is 29.3. The Morgan fingerprint density at radius 3 is 2.40 bits per heavy atom. The van der Waals surface area contributed by atoms with Gasteiger partial charge in [-0.15, -0.1) is 11.3 Å². The molecule has 2 aromatic rings. The van der Waals surface area contributed by atoms with Gasteiger partial charge in [-0.3, -0.25) is 9.59 Å². The first kappa shape index (κ1) is 17.4. The lowest BCUT2D eigenvalue weighted by molar-refractivity contribution is 0.0721. The zero-order chi connectivity index (χ0) is 17.8. The highest BCUT2D eigenvalue weighted by Gasteiger charge is 2.24. The first-order valence-electron chi connectivity index (χ1n) is 8.19. The molecule has 7 heteroatoms. The van der Waals surface area contributed by atoms with Crippen molar-refractivity contribution >= 4 is 28.8 Å². The SMILES string of the molecule is CNc1ccc(C(=O)N2CCCN(C(=O)c3cccs3)CC2)cc1F. The number of carbonyl (C=O) groups is 2. The minimum atomic E-state index is -0.447. The van der Waals surface area contributed by atoms with Gasteiger partial charge in [-0.05, 0) is 36.1 Å². The maximum Gasteiger partial charge on any atom is 0.263 e. The first-order valence-corrected chi connectivity index (χ1v) is 9.07.